The molecule has 6 heteroatoms. The van der Waals surface area contributed by atoms with Gasteiger partial charge in [-0.3, -0.25) is 9.97 Å². The number of hydrogen-bond donors (Lipinski definition) is 2. The van der Waals surface area contributed by atoms with E-state index in [1.54, 1.807) is 47.8 Å². The lowest BCUT2D eigenvalue weighted by molar-refractivity contribution is 0.462. The molecule has 0 spiro atoms. The SMILES string of the molecule is CC=Cc1cnc(C)c(O)c1CSSCc1c(C=CC)cnc(C)c1O. The van der Waals surface area contributed by atoms with Gasteiger partial charge in [0.25, 0.3) is 0 Å². The van der Waals surface area contributed by atoms with Crippen LogP contribution in [0.15, 0.2) is 24.5 Å². The van der Waals surface area contributed by atoms with Crippen LogP contribution in [0.4, 0.5) is 0 Å². The molecule has 0 fully saturated rings. The number of rotatable bonds is 7. The van der Waals surface area contributed by atoms with Crippen LogP contribution in [0.5, 0.6) is 11.5 Å². The summed E-state index contributed by atoms with van der Waals surface area (Å²) in [5.74, 6) is 1.82. The summed E-state index contributed by atoms with van der Waals surface area (Å²) in [5, 5.41) is 20.7. The number of pyridine rings is 2. The first-order valence-electron chi connectivity index (χ1n) is 8.34. The van der Waals surface area contributed by atoms with Crippen molar-refractivity contribution >= 4 is 33.7 Å². The highest BCUT2D eigenvalue weighted by Gasteiger charge is 2.13. The van der Waals surface area contributed by atoms with Gasteiger partial charge in [-0.2, -0.15) is 0 Å². The molecule has 0 saturated heterocycles. The van der Waals surface area contributed by atoms with Gasteiger partial charge in [0.2, 0.25) is 0 Å². The second-order valence-corrected chi connectivity index (χ2v) is 8.24. The van der Waals surface area contributed by atoms with Crippen molar-refractivity contribution in [2.75, 3.05) is 0 Å². The summed E-state index contributed by atoms with van der Waals surface area (Å²) in [7, 11) is 3.29. The molecule has 0 saturated carbocycles. The number of allylic oxidation sites excluding steroid dienone is 2. The number of aromatic nitrogens is 2. The molecule has 2 aromatic rings. The van der Waals surface area contributed by atoms with Crippen molar-refractivity contribution in [1.29, 1.82) is 0 Å². The van der Waals surface area contributed by atoms with Crippen LogP contribution in [-0.4, -0.2) is 20.2 Å². The molecule has 0 aliphatic carbocycles. The van der Waals surface area contributed by atoms with Crippen LogP contribution in [-0.2, 0) is 11.5 Å². The van der Waals surface area contributed by atoms with Gasteiger partial charge >= 0.3 is 0 Å². The average Bonchev–Trinajstić information content (AvgIpc) is 2.62. The summed E-state index contributed by atoms with van der Waals surface area (Å²) in [6, 6.07) is 0. The van der Waals surface area contributed by atoms with Crippen molar-refractivity contribution in [3.05, 3.63) is 58.2 Å². The third-order valence-corrected chi connectivity index (χ3v) is 6.12. The minimum atomic E-state index is 0.255. The largest absolute Gasteiger partial charge is 0.506 e. The quantitative estimate of drug-likeness (QED) is 0.472. The lowest BCUT2D eigenvalue weighted by atomic mass is 10.1. The van der Waals surface area contributed by atoms with E-state index in [0.717, 1.165) is 22.3 Å². The van der Waals surface area contributed by atoms with E-state index in [2.05, 4.69) is 9.97 Å². The molecule has 0 amide bonds. The molecule has 0 unspecified atom stereocenters. The molecule has 2 aromatic heterocycles. The minimum absolute atomic E-state index is 0.255. The molecule has 0 radical (unpaired) electrons. The molecule has 0 atom stereocenters. The molecule has 0 aliphatic rings. The maximum atomic E-state index is 10.3. The normalized spacial score (nSPS) is 11.7. The summed E-state index contributed by atoms with van der Waals surface area (Å²) in [6.45, 7) is 7.49. The molecular formula is C20H24N2O2S2. The highest BCUT2D eigenvalue weighted by Crippen LogP contribution is 2.37. The number of hydrogen-bond acceptors (Lipinski definition) is 6. The Morgan fingerprint density at radius 3 is 1.54 bits per heavy atom. The molecular weight excluding hydrogens is 364 g/mol. The molecule has 2 heterocycles. The summed E-state index contributed by atoms with van der Waals surface area (Å²) >= 11 is 0. The summed E-state index contributed by atoms with van der Waals surface area (Å²) in [5.41, 5.74) is 4.91. The van der Waals surface area contributed by atoms with E-state index in [9.17, 15) is 10.2 Å². The number of aryl methyl sites for hydroxylation is 2. The zero-order valence-corrected chi connectivity index (χ0v) is 17.1. The molecule has 138 valence electrons. The van der Waals surface area contributed by atoms with Crippen molar-refractivity contribution in [1.82, 2.24) is 9.97 Å². The lowest BCUT2D eigenvalue weighted by Crippen LogP contribution is -1.94. The third kappa shape index (κ3) is 4.83. The van der Waals surface area contributed by atoms with Crippen LogP contribution in [0.2, 0.25) is 0 Å². The van der Waals surface area contributed by atoms with E-state index >= 15 is 0 Å². The van der Waals surface area contributed by atoms with Crippen LogP contribution in [0, 0.1) is 13.8 Å². The molecule has 4 nitrogen and oxygen atoms in total. The predicted octanol–water partition coefficient (Wildman–Crippen LogP) is 5.65. The van der Waals surface area contributed by atoms with E-state index in [4.69, 9.17) is 0 Å². The van der Waals surface area contributed by atoms with Crippen molar-refractivity contribution in [3.63, 3.8) is 0 Å². The molecule has 2 N–H and O–H groups in total. The van der Waals surface area contributed by atoms with E-state index < -0.39 is 0 Å². The van der Waals surface area contributed by atoms with Gasteiger partial charge in [-0.25, -0.2) is 0 Å². The van der Waals surface area contributed by atoms with E-state index in [1.807, 2.05) is 38.2 Å². The van der Waals surface area contributed by atoms with Crippen LogP contribution in [0.1, 0.15) is 47.5 Å². The highest BCUT2D eigenvalue weighted by molar-refractivity contribution is 8.76. The number of aromatic hydroxyl groups is 2. The van der Waals surface area contributed by atoms with Gasteiger partial charge in [0, 0.05) is 46.2 Å². The predicted molar refractivity (Wildman–Crippen MR) is 113 cm³/mol. The Morgan fingerprint density at radius 1 is 0.808 bits per heavy atom. The smallest absolute Gasteiger partial charge is 0.141 e. The Hall–Kier alpha value is -1.92. The Kier molecular flexibility index (Phi) is 7.60. The Morgan fingerprint density at radius 2 is 1.19 bits per heavy atom. The van der Waals surface area contributed by atoms with Gasteiger partial charge in [0.05, 0.1) is 11.4 Å². The second-order valence-electron chi connectivity index (χ2n) is 5.78. The van der Waals surface area contributed by atoms with Gasteiger partial charge in [0.15, 0.2) is 0 Å². The molecule has 26 heavy (non-hydrogen) atoms. The Labute approximate surface area is 162 Å². The van der Waals surface area contributed by atoms with Crippen LogP contribution >= 0.6 is 21.6 Å². The average molecular weight is 389 g/mol. The Bertz CT molecular complexity index is 764. The fourth-order valence-electron chi connectivity index (χ4n) is 2.47. The van der Waals surface area contributed by atoms with Crippen LogP contribution in [0.25, 0.3) is 12.2 Å². The fourth-order valence-corrected chi connectivity index (χ4v) is 4.69. The maximum absolute atomic E-state index is 10.3. The number of nitrogens with zero attached hydrogens (tertiary/aromatic N) is 2. The van der Waals surface area contributed by atoms with Crippen LogP contribution in [0.3, 0.4) is 0 Å². The first-order valence-corrected chi connectivity index (χ1v) is 10.8. The summed E-state index contributed by atoms with van der Waals surface area (Å²) in [6.07, 6.45) is 11.4. The van der Waals surface area contributed by atoms with E-state index in [0.29, 0.717) is 22.9 Å². The standard InChI is InChI=1S/C20H24N2O2S2/c1-5-7-15-9-21-13(3)19(23)17(15)11-25-26-12-18-16(8-6-2)10-22-14(4)20(18)24/h5-10,23-24H,11-12H2,1-4H3. The first-order chi connectivity index (χ1) is 12.5. The third-order valence-electron chi connectivity index (χ3n) is 3.93. The molecule has 0 aliphatic heterocycles. The van der Waals surface area contributed by atoms with Crippen molar-refractivity contribution < 1.29 is 10.2 Å². The maximum Gasteiger partial charge on any atom is 0.141 e. The van der Waals surface area contributed by atoms with Gasteiger partial charge in [-0.15, -0.1) is 0 Å². The molecule has 2 rings (SSSR count). The zero-order chi connectivity index (χ0) is 19.1. The Balaban J connectivity index is 2.11. The monoisotopic (exact) mass is 388 g/mol. The van der Waals surface area contributed by atoms with E-state index in [1.165, 1.54) is 0 Å². The second kappa shape index (κ2) is 9.69. The van der Waals surface area contributed by atoms with Crippen molar-refractivity contribution in [2.24, 2.45) is 0 Å². The topological polar surface area (TPSA) is 66.2 Å². The van der Waals surface area contributed by atoms with Crippen molar-refractivity contribution in [3.8, 4) is 11.5 Å². The molecule has 0 bridgehead atoms. The minimum Gasteiger partial charge on any atom is -0.506 e. The molecule has 0 aromatic carbocycles. The first kappa shape index (κ1) is 20.4. The van der Waals surface area contributed by atoms with Gasteiger partial charge in [-0.05, 0) is 27.7 Å². The van der Waals surface area contributed by atoms with Gasteiger partial charge in [0.1, 0.15) is 11.5 Å². The van der Waals surface area contributed by atoms with Gasteiger partial charge in [-0.1, -0.05) is 45.9 Å². The van der Waals surface area contributed by atoms with Crippen LogP contribution < -0.4 is 0 Å². The van der Waals surface area contributed by atoms with Crippen molar-refractivity contribution in [2.45, 2.75) is 39.2 Å². The van der Waals surface area contributed by atoms with E-state index in [-0.39, 0.29) is 11.5 Å². The summed E-state index contributed by atoms with van der Waals surface area (Å²) in [4.78, 5) is 8.44. The lowest BCUT2D eigenvalue weighted by Gasteiger charge is -2.12. The zero-order valence-electron chi connectivity index (χ0n) is 15.5. The summed E-state index contributed by atoms with van der Waals surface area (Å²) < 4.78 is 0. The van der Waals surface area contributed by atoms with Gasteiger partial charge < -0.3 is 10.2 Å². The fraction of sp³-hybridized carbons (Fsp3) is 0.300. The highest BCUT2D eigenvalue weighted by atomic mass is 33.1.